The van der Waals surface area contributed by atoms with Gasteiger partial charge in [0.1, 0.15) is 5.75 Å². The van der Waals surface area contributed by atoms with Gasteiger partial charge in [0.2, 0.25) is 5.91 Å². The van der Waals surface area contributed by atoms with Gasteiger partial charge in [0.15, 0.2) is 0 Å². The Morgan fingerprint density at radius 1 is 1.19 bits per heavy atom. The average Bonchev–Trinajstić information content (AvgIpc) is 2.48. The molecule has 0 fully saturated rings. The number of carbonyl (C=O) groups is 1. The van der Waals surface area contributed by atoms with Crippen LogP contribution >= 0.6 is 15.9 Å². The number of rotatable bonds is 4. The Hall–Kier alpha value is -2.07. The molecule has 0 aromatic heterocycles. The summed E-state index contributed by atoms with van der Waals surface area (Å²) in [7, 11) is 1.62. The van der Waals surface area contributed by atoms with E-state index in [-0.39, 0.29) is 5.91 Å². The number of hydrogen-bond donors (Lipinski definition) is 1. The quantitative estimate of drug-likeness (QED) is 0.833. The third kappa shape index (κ3) is 4.46. The third-order valence-electron chi connectivity index (χ3n) is 2.99. The topological polar surface area (TPSA) is 38.3 Å². The second-order valence-electron chi connectivity index (χ2n) is 4.55. The molecule has 2 aromatic rings. The summed E-state index contributed by atoms with van der Waals surface area (Å²) in [5.41, 5.74) is 2.76. The molecule has 2 aromatic carbocycles. The van der Waals surface area contributed by atoms with Crippen molar-refractivity contribution in [2.24, 2.45) is 0 Å². The van der Waals surface area contributed by atoms with Gasteiger partial charge in [0.05, 0.1) is 7.11 Å². The summed E-state index contributed by atoms with van der Waals surface area (Å²) in [6.07, 6.45) is 3.28. The fourth-order valence-electron chi connectivity index (χ4n) is 1.83. The number of benzene rings is 2. The number of aryl methyl sites for hydroxylation is 1. The first kappa shape index (κ1) is 15.3. The van der Waals surface area contributed by atoms with Crippen molar-refractivity contribution in [1.29, 1.82) is 0 Å². The lowest BCUT2D eigenvalue weighted by Gasteiger charge is -2.06. The molecule has 3 nitrogen and oxygen atoms in total. The highest BCUT2D eigenvalue weighted by Gasteiger charge is 2.02. The van der Waals surface area contributed by atoms with Crippen molar-refractivity contribution < 1.29 is 9.53 Å². The van der Waals surface area contributed by atoms with Crippen LogP contribution in [0.5, 0.6) is 5.75 Å². The molecule has 21 heavy (non-hydrogen) atoms. The molecule has 0 saturated carbocycles. The Labute approximate surface area is 132 Å². The van der Waals surface area contributed by atoms with E-state index < -0.39 is 0 Å². The molecular weight excluding hydrogens is 330 g/mol. The SMILES string of the molecule is COc1ccc(C=CC(=O)Nc2ccc(Br)cc2C)cc1. The van der Waals surface area contributed by atoms with E-state index in [1.54, 1.807) is 13.2 Å². The fourth-order valence-corrected chi connectivity index (χ4v) is 2.30. The van der Waals surface area contributed by atoms with Gasteiger partial charge >= 0.3 is 0 Å². The van der Waals surface area contributed by atoms with Crippen molar-refractivity contribution in [2.75, 3.05) is 12.4 Å². The van der Waals surface area contributed by atoms with E-state index in [1.165, 1.54) is 6.08 Å². The Balaban J connectivity index is 2.01. The van der Waals surface area contributed by atoms with Crippen LogP contribution in [0.3, 0.4) is 0 Å². The normalized spacial score (nSPS) is 10.6. The zero-order valence-corrected chi connectivity index (χ0v) is 13.5. The molecule has 0 aliphatic heterocycles. The lowest BCUT2D eigenvalue weighted by Crippen LogP contribution is -2.08. The molecule has 1 N–H and O–H groups in total. The van der Waals surface area contributed by atoms with Crippen molar-refractivity contribution in [3.8, 4) is 5.75 Å². The number of nitrogens with one attached hydrogen (secondary N) is 1. The fraction of sp³-hybridized carbons (Fsp3) is 0.118. The smallest absolute Gasteiger partial charge is 0.248 e. The van der Waals surface area contributed by atoms with E-state index in [9.17, 15) is 4.79 Å². The van der Waals surface area contributed by atoms with Gasteiger partial charge in [-0.15, -0.1) is 0 Å². The van der Waals surface area contributed by atoms with E-state index in [1.807, 2.05) is 49.4 Å². The van der Waals surface area contributed by atoms with Gasteiger partial charge in [-0.2, -0.15) is 0 Å². The Kier molecular flexibility index (Phi) is 5.17. The Morgan fingerprint density at radius 3 is 2.52 bits per heavy atom. The van der Waals surface area contributed by atoms with Crippen LogP contribution in [0.4, 0.5) is 5.69 Å². The van der Waals surface area contributed by atoms with Crippen LogP contribution in [0.1, 0.15) is 11.1 Å². The first-order chi connectivity index (χ1) is 10.1. The minimum atomic E-state index is -0.156. The summed E-state index contributed by atoms with van der Waals surface area (Å²) in [6.45, 7) is 1.95. The summed E-state index contributed by atoms with van der Waals surface area (Å²) in [5.74, 6) is 0.637. The van der Waals surface area contributed by atoms with Crippen LogP contribution in [-0.2, 0) is 4.79 Å². The lowest BCUT2D eigenvalue weighted by atomic mass is 10.2. The van der Waals surface area contributed by atoms with E-state index in [0.29, 0.717) is 0 Å². The standard InChI is InChI=1S/C17H16BrNO2/c1-12-11-14(18)6-9-16(12)19-17(20)10-5-13-3-7-15(21-2)8-4-13/h3-11H,1-2H3,(H,19,20). The van der Waals surface area contributed by atoms with Crippen LogP contribution in [0, 0.1) is 6.92 Å². The summed E-state index contributed by atoms with van der Waals surface area (Å²) < 4.78 is 6.08. The molecule has 4 heteroatoms. The molecule has 0 spiro atoms. The number of halogens is 1. The molecule has 108 valence electrons. The predicted octanol–water partition coefficient (Wildman–Crippen LogP) is 4.42. The average molecular weight is 346 g/mol. The minimum Gasteiger partial charge on any atom is -0.497 e. The van der Waals surface area contributed by atoms with Crippen LogP contribution in [-0.4, -0.2) is 13.0 Å². The molecule has 0 aliphatic rings. The maximum atomic E-state index is 11.9. The van der Waals surface area contributed by atoms with Crippen molar-refractivity contribution in [3.05, 3.63) is 64.1 Å². The number of hydrogen-bond acceptors (Lipinski definition) is 2. The molecule has 0 saturated heterocycles. The van der Waals surface area contributed by atoms with Crippen molar-refractivity contribution in [1.82, 2.24) is 0 Å². The van der Waals surface area contributed by atoms with Gasteiger partial charge in [-0.1, -0.05) is 28.1 Å². The van der Waals surface area contributed by atoms with Gasteiger partial charge in [-0.05, 0) is 54.5 Å². The molecule has 0 heterocycles. The predicted molar refractivity (Wildman–Crippen MR) is 89.5 cm³/mol. The van der Waals surface area contributed by atoms with Crippen LogP contribution in [0.15, 0.2) is 53.0 Å². The maximum absolute atomic E-state index is 11.9. The first-order valence-corrected chi connectivity index (χ1v) is 7.27. The van der Waals surface area contributed by atoms with E-state index in [2.05, 4.69) is 21.2 Å². The Bertz CT molecular complexity index is 663. The van der Waals surface area contributed by atoms with Crippen LogP contribution in [0.2, 0.25) is 0 Å². The van der Waals surface area contributed by atoms with E-state index in [4.69, 9.17) is 4.74 Å². The molecule has 0 atom stereocenters. The first-order valence-electron chi connectivity index (χ1n) is 6.48. The van der Waals surface area contributed by atoms with E-state index >= 15 is 0 Å². The Morgan fingerprint density at radius 2 is 1.90 bits per heavy atom. The van der Waals surface area contributed by atoms with Gasteiger partial charge < -0.3 is 10.1 Å². The minimum absolute atomic E-state index is 0.156. The highest BCUT2D eigenvalue weighted by atomic mass is 79.9. The van der Waals surface area contributed by atoms with Crippen LogP contribution in [0.25, 0.3) is 6.08 Å². The van der Waals surface area contributed by atoms with Gasteiger partial charge in [-0.3, -0.25) is 4.79 Å². The number of ether oxygens (including phenoxy) is 1. The third-order valence-corrected chi connectivity index (χ3v) is 3.48. The second-order valence-corrected chi connectivity index (χ2v) is 5.47. The number of methoxy groups -OCH3 is 1. The second kappa shape index (κ2) is 7.09. The summed E-state index contributed by atoms with van der Waals surface area (Å²) >= 11 is 3.40. The van der Waals surface area contributed by atoms with Crippen molar-refractivity contribution in [3.63, 3.8) is 0 Å². The molecular formula is C17H16BrNO2. The molecule has 0 unspecified atom stereocenters. The number of anilines is 1. The highest BCUT2D eigenvalue weighted by Crippen LogP contribution is 2.20. The largest absolute Gasteiger partial charge is 0.497 e. The molecule has 2 rings (SSSR count). The van der Waals surface area contributed by atoms with Gasteiger partial charge in [-0.25, -0.2) is 0 Å². The van der Waals surface area contributed by atoms with Crippen molar-refractivity contribution in [2.45, 2.75) is 6.92 Å². The highest BCUT2D eigenvalue weighted by molar-refractivity contribution is 9.10. The molecule has 0 bridgehead atoms. The summed E-state index contributed by atoms with van der Waals surface area (Å²) in [4.78, 5) is 11.9. The summed E-state index contributed by atoms with van der Waals surface area (Å²) in [6, 6.07) is 13.2. The monoisotopic (exact) mass is 345 g/mol. The van der Waals surface area contributed by atoms with Crippen molar-refractivity contribution >= 4 is 33.6 Å². The molecule has 0 radical (unpaired) electrons. The zero-order chi connectivity index (χ0) is 15.2. The maximum Gasteiger partial charge on any atom is 0.248 e. The molecule has 1 amide bonds. The van der Waals surface area contributed by atoms with Crippen LogP contribution < -0.4 is 10.1 Å². The van der Waals surface area contributed by atoms with Gasteiger partial charge in [0, 0.05) is 16.2 Å². The molecule has 0 aliphatic carbocycles. The lowest BCUT2D eigenvalue weighted by molar-refractivity contribution is -0.111. The zero-order valence-electron chi connectivity index (χ0n) is 11.9. The number of amides is 1. The summed E-state index contributed by atoms with van der Waals surface area (Å²) in [5, 5.41) is 2.86. The number of carbonyl (C=O) groups excluding carboxylic acids is 1. The van der Waals surface area contributed by atoms with Gasteiger partial charge in [0.25, 0.3) is 0 Å². The van der Waals surface area contributed by atoms with E-state index in [0.717, 1.165) is 27.0 Å².